The normalized spacial score (nSPS) is 34.2. The van der Waals surface area contributed by atoms with Crippen LogP contribution in [0, 0.1) is 11.8 Å². The maximum Gasteiger partial charge on any atom is 0.0502 e. The summed E-state index contributed by atoms with van der Waals surface area (Å²) in [5.74, 6) is 1.57. The monoisotopic (exact) mass is 143 g/mol. The Balaban J connectivity index is 2.18. The zero-order chi connectivity index (χ0) is 7.40. The van der Waals surface area contributed by atoms with Gasteiger partial charge in [0, 0.05) is 13.7 Å². The van der Waals surface area contributed by atoms with E-state index in [9.17, 15) is 0 Å². The van der Waals surface area contributed by atoms with E-state index in [4.69, 9.17) is 4.74 Å². The Bertz CT molecular complexity index is 93.3. The minimum absolute atomic E-state index is 0.744. The third-order valence-corrected chi connectivity index (χ3v) is 2.06. The van der Waals surface area contributed by atoms with Gasteiger partial charge in [-0.25, -0.2) is 0 Å². The SMILES string of the molecule is COC[C@H]1CNC[C@@H](C)C1. The van der Waals surface area contributed by atoms with E-state index in [0.717, 1.165) is 25.0 Å². The Morgan fingerprint density at radius 2 is 2.30 bits per heavy atom. The van der Waals surface area contributed by atoms with Crippen molar-refractivity contribution in [3.05, 3.63) is 0 Å². The van der Waals surface area contributed by atoms with Gasteiger partial charge in [-0.2, -0.15) is 0 Å². The van der Waals surface area contributed by atoms with E-state index in [-0.39, 0.29) is 0 Å². The van der Waals surface area contributed by atoms with Crippen LogP contribution in [-0.4, -0.2) is 26.8 Å². The summed E-state index contributed by atoms with van der Waals surface area (Å²) < 4.78 is 5.09. The molecule has 0 aromatic carbocycles. The van der Waals surface area contributed by atoms with Gasteiger partial charge >= 0.3 is 0 Å². The fourth-order valence-corrected chi connectivity index (χ4v) is 1.63. The summed E-state index contributed by atoms with van der Waals surface area (Å²) in [6.07, 6.45) is 1.32. The van der Waals surface area contributed by atoms with Crippen molar-refractivity contribution >= 4 is 0 Å². The van der Waals surface area contributed by atoms with Gasteiger partial charge in [0.1, 0.15) is 0 Å². The highest BCUT2D eigenvalue weighted by Gasteiger charge is 2.17. The van der Waals surface area contributed by atoms with E-state index >= 15 is 0 Å². The summed E-state index contributed by atoms with van der Waals surface area (Å²) in [6.45, 7) is 5.52. The molecule has 0 aromatic heterocycles. The second-order valence-electron chi connectivity index (χ2n) is 3.32. The number of methoxy groups -OCH3 is 1. The van der Waals surface area contributed by atoms with E-state index in [1.165, 1.54) is 13.0 Å². The average molecular weight is 143 g/mol. The highest BCUT2D eigenvalue weighted by molar-refractivity contribution is 4.72. The minimum atomic E-state index is 0.744. The number of piperidine rings is 1. The molecule has 1 aliphatic rings. The van der Waals surface area contributed by atoms with E-state index in [1.54, 1.807) is 7.11 Å². The Kier molecular flexibility index (Phi) is 3.16. The van der Waals surface area contributed by atoms with E-state index in [0.29, 0.717) is 0 Å². The molecule has 0 unspecified atom stereocenters. The molecule has 1 fully saturated rings. The largest absolute Gasteiger partial charge is 0.384 e. The van der Waals surface area contributed by atoms with Gasteiger partial charge in [-0.15, -0.1) is 0 Å². The minimum Gasteiger partial charge on any atom is -0.384 e. The smallest absolute Gasteiger partial charge is 0.0502 e. The molecule has 1 aliphatic heterocycles. The van der Waals surface area contributed by atoms with E-state index < -0.39 is 0 Å². The number of hydrogen-bond acceptors (Lipinski definition) is 2. The molecule has 1 heterocycles. The lowest BCUT2D eigenvalue weighted by Crippen LogP contribution is -2.36. The summed E-state index contributed by atoms with van der Waals surface area (Å²) >= 11 is 0. The quantitative estimate of drug-likeness (QED) is 0.619. The van der Waals surface area contributed by atoms with Crippen LogP contribution in [-0.2, 0) is 4.74 Å². The molecule has 1 rings (SSSR count). The summed E-state index contributed by atoms with van der Waals surface area (Å²) in [7, 11) is 1.78. The third kappa shape index (κ3) is 2.27. The molecule has 0 radical (unpaired) electrons. The van der Waals surface area contributed by atoms with Crippen molar-refractivity contribution in [3.8, 4) is 0 Å². The van der Waals surface area contributed by atoms with Crippen molar-refractivity contribution in [1.82, 2.24) is 5.32 Å². The van der Waals surface area contributed by atoms with Crippen LogP contribution in [0.5, 0.6) is 0 Å². The van der Waals surface area contributed by atoms with Gasteiger partial charge < -0.3 is 10.1 Å². The lowest BCUT2D eigenvalue weighted by atomic mass is 9.93. The van der Waals surface area contributed by atoms with Crippen LogP contribution in [0.1, 0.15) is 13.3 Å². The van der Waals surface area contributed by atoms with Gasteiger partial charge in [0.25, 0.3) is 0 Å². The number of hydrogen-bond donors (Lipinski definition) is 1. The average Bonchev–Trinajstić information content (AvgIpc) is 1.88. The first-order chi connectivity index (χ1) is 4.83. The molecular formula is C8H17NO. The van der Waals surface area contributed by atoms with Crippen molar-refractivity contribution in [2.45, 2.75) is 13.3 Å². The van der Waals surface area contributed by atoms with Crippen LogP contribution in [0.25, 0.3) is 0 Å². The molecule has 2 atom stereocenters. The van der Waals surface area contributed by atoms with Gasteiger partial charge in [0.2, 0.25) is 0 Å². The third-order valence-electron chi connectivity index (χ3n) is 2.06. The Labute approximate surface area is 63.0 Å². The molecule has 0 bridgehead atoms. The van der Waals surface area contributed by atoms with Gasteiger partial charge in [-0.05, 0) is 24.8 Å². The summed E-state index contributed by atoms with van der Waals surface area (Å²) in [4.78, 5) is 0. The standard InChI is InChI=1S/C8H17NO/c1-7-3-8(6-10-2)5-9-4-7/h7-9H,3-6H2,1-2H3/t7-,8+/m0/s1. The van der Waals surface area contributed by atoms with Gasteiger partial charge in [0.05, 0.1) is 6.61 Å². The van der Waals surface area contributed by atoms with Crippen molar-refractivity contribution in [1.29, 1.82) is 0 Å². The van der Waals surface area contributed by atoms with Gasteiger partial charge in [0.15, 0.2) is 0 Å². The molecule has 0 saturated carbocycles. The predicted molar refractivity (Wildman–Crippen MR) is 42.0 cm³/mol. The highest BCUT2D eigenvalue weighted by Crippen LogP contribution is 2.15. The number of rotatable bonds is 2. The number of ether oxygens (including phenoxy) is 1. The zero-order valence-electron chi connectivity index (χ0n) is 6.89. The molecule has 0 amide bonds. The van der Waals surface area contributed by atoms with E-state index in [1.807, 2.05) is 0 Å². The summed E-state index contributed by atoms with van der Waals surface area (Å²) in [5, 5.41) is 3.39. The maximum atomic E-state index is 5.09. The molecular weight excluding hydrogens is 126 g/mol. The van der Waals surface area contributed by atoms with Crippen LogP contribution in [0.2, 0.25) is 0 Å². The van der Waals surface area contributed by atoms with Gasteiger partial charge in [-0.3, -0.25) is 0 Å². The zero-order valence-corrected chi connectivity index (χ0v) is 6.89. The molecule has 0 aliphatic carbocycles. The molecule has 1 saturated heterocycles. The first-order valence-electron chi connectivity index (χ1n) is 4.02. The molecule has 60 valence electrons. The Morgan fingerprint density at radius 3 is 2.90 bits per heavy atom. The van der Waals surface area contributed by atoms with Crippen LogP contribution in [0.15, 0.2) is 0 Å². The first-order valence-corrected chi connectivity index (χ1v) is 4.02. The van der Waals surface area contributed by atoms with Crippen LogP contribution in [0.4, 0.5) is 0 Å². The van der Waals surface area contributed by atoms with Crippen molar-refractivity contribution < 1.29 is 4.74 Å². The second-order valence-corrected chi connectivity index (χ2v) is 3.32. The number of nitrogens with one attached hydrogen (secondary N) is 1. The second kappa shape index (κ2) is 3.94. The highest BCUT2D eigenvalue weighted by atomic mass is 16.5. The Morgan fingerprint density at radius 1 is 1.50 bits per heavy atom. The predicted octanol–water partition coefficient (Wildman–Crippen LogP) is 0.878. The van der Waals surface area contributed by atoms with Crippen molar-refractivity contribution in [3.63, 3.8) is 0 Å². The lowest BCUT2D eigenvalue weighted by molar-refractivity contribution is 0.125. The first kappa shape index (κ1) is 8.02. The topological polar surface area (TPSA) is 21.3 Å². The fourth-order valence-electron chi connectivity index (χ4n) is 1.63. The molecule has 1 N–H and O–H groups in total. The summed E-state index contributed by atoms with van der Waals surface area (Å²) in [5.41, 5.74) is 0. The fraction of sp³-hybridized carbons (Fsp3) is 1.00. The van der Waals surface area contributed by atoms with E-state index in [2.05, 4.69) is 12.2 Å². The van der Waals surface area contributed by atoms with Crippen molar-refractivity contribution in [2.75, 3.05) is 26.8 Å². The lowest BCUT2D eigenvalue weighted by Gasteiger charge is -2.26. The molecule has 10 heavy (non-hydrogen) atoms. The Hall–Kier alpha value is -0.0800. The van der Waals surface area contributed by atoms with Crippen molar-refractivity contribution in [2.24, 2.45) is 11.8 Å². The van der Waals surface area contributed by atoms with Crippen LogP contribution in [0.3, 0.4) is 0 Å². The molecule has 0 spiro atoms. The maximum absolute atomic E-state index is 5.09. The van der Waals surface area contributed by atoms with Gasteiger partial charge in [-0.1, -0.05) is 6.92 Å². The summed E-state index contributed by atoms with van der Waals surface area (Å²) in [6, 6.07) is 0. The van der Waals surface area contributed by atoms with Crippen LogP contribution >= 0.6 is 0 Å². The van der Waals surface area contributed by atoms with Crippen LogP contribution < -0.4 is 5.32 Å². The molecule has 0 aromatic rings. The molecule has 2 heteroatoms. The molecule has 2 nitrogen and oxygen atoms in total.